The summed E-state index contributed by atoms with van der Waals surface area (Å²) in [6.45, 7) is 2.40. The summed E-state index contributed by atoms with van der Waals surface area (Å²) >= 11 is 0. The topological polar surface area (TPSA) is 82.5 Å². The summed E-state index contributed by atoms with van der Waals surface area (Å²) in [4.78, 5) is 27.6. The van der Waals surface area contributed by atoms with E-state index in [-0.39, 0.29) is 12.6 Å². The van der Waals surface area contributed by atoms with E-state index in [4.69, 9.17) is 5.11 Å². The monoisotopic (exact) mass is 251 g/mol. The summed E-state index contributed by atoms with van der Waals surface area (Å²) in [5.74, 6) is -1.01. The van der Waals surface area contributed by atoms with Gasteiger partial charge in [0.05, 0.1) is 0 Å². The zero-order chi connectivity index (χ0) is 13.4. The van der Waals surface area contributed by atoms with E-state index in [2.05, 4.69) is 10.3 Å². The van der Waals surface area contributed by atoms with Crippen molar-refractivity contribution in [2.75, 3.05) is 13.1 Å². The van der Waals surface area contributed by atoms with Crippen LogP contribution in [0.3, 0.4) is 0 Å². The summed E-state index contributed by atoms with van der Waals surface area (Å²) in [6, 6.07) is 3.22. The fourth-order valence-corrected chi connectivity index (χ4v) is 1.48. The zero-order valence-electron chi connectivity index (χ0n) is 10.3. The Balaban J connectivity index is 2.48. The van der Waals surface area contributed by atoms with Crippen LogP contribution in [0.25, 0.3) is 0 Å². The van der Waals surface area contributed by atoms with Crippen molar-refractivity contribution >= 4 is 12.0 Å². The molecular weight excluding hydrogens is 234 g/mol. The van der Waals surface area contributed by atoms with Crippen molar-refractivity contribution in [1.82, 2.24) is 15.2 Å². The summed E-state index contributed by atoms with van der Waals surface area (Å²) in [5.41, 5.74) is 0.921. The Bertz CT molecular complexity index is 395. The third-order valence-corrected chi connectivity index (χ3v) is 2.30. The van der Waals surface area contributed by atoms with Crippen LogP contribution in [0.4, 0.5) is 4.79 Å². The number of pyridine rings is 1. The van der Waals surface area contributed by atoms with Crippen LogP contribution in [0.1, 0.15) is 18.9 Å². The largest absolute Gasteiger partial charge is 0.480 e. The number of carboxylic acids is 1. The number of carboxylic acid groups (broad SMARTS) is 1. The molecule has 0 fully saturated rings. The lowest BCUT2D eigenvalue weighted by Gasteiger charge is -2.20. The van der Waals surface area contributed by atoms with Crippen LogP contribution >= 0.6 is 0 Å². The molecule has 0 radical (unpaired) electrons. The molecule has 1 aromatic rings. The lowest BCUT2D eigenvalue weighted by atomic mass is 10.3. The van der Waals surface area contributed by atoms with Gasteiger partial charge in [-0.05, 0) is 24.1 Å². The molecule has 2 N–H and O–H groups in total. The Morgan fingerprint density at radius 2 is 2.06 bits per heavy atom. The lowest BCUT2D eigenvalue weighted by Crippen LogP contribution is -2.42. The van der Waals surface area contributed by atoms with E-state index >= 15 is 0 Å². The molecule has 0 bridgehead atoms. The van der Waals surface area contributed by atoms with Gasteiger partial charge in [0.2, 0.25) is 0 Å². The fourth-order valence-electron chi connectivity index (χ4n) is 1.48. The molecule has 0 aliphatic heterocycles. The molecule has 0 aliphatic carbocycles. The van der Waals surface area contributed by atoms with Gasteiger partial charge in [0, 0.05) is 25.5 Å². The predicted molar refractivity (Wildman–Crippen MR) is 66.0 cm³/mol. The third-order valence-electron chi connectivity index (χ3n) is 2.30. The van der Waals surface area contributed by atoms with Crippen molar-refractivity contribution in [2.24, 2.45) is 0 Å². The molecule has 0 aliphatic rings. The quantitative estimate of drug-likeness (QED) is 0.792. The molecule has 0 aromatic carbocycles. The smallest absolute Gasteiger partial charge is 0.323 e. The van der Waals surface area contributed by atoms with Crippen LogP contribution in [-0.4, -0.2) is 40.1 Å². The zero-order valence-corrected chi connectivity index (χ0v) is 10.3. The first-order chi connectivity index (χ1) is 8.63. The molecule has 1 aromatic heterocycles. The van der Waals surface area contributed by atoms with Gasteiger partial charge in [0.15, 0.2) is 0 Å². The Labute approximate surface area is 106 Å². The minimum absolute atomic E-state index is 0.282. The Morgan fingerprint density at radius 1 is 1.39 bits per heavy atom. The molecular formula is C12H17N3O3. The summed E-state index contributed by atoms with van der Waals surface area (Å²) < 4.78 is 0. The molecule has 18 heavy (non-hydrogen) atoms. The van der Waals surface area contributed by atoms with E-state index in [0.717, 1.165) is 12.0 Å². The minimum Gasteiger partial charge on any atom is -0.480 e. The SMILES string of the molecule is CCCN(CC(=O)O)C(=O)NCc1ccncc1. The molecule has 0 saturated carbocycles. The molecule has 2 amide bonds. The standard InChI is InChI=1S/C12H17N3O3/c1-2-7-15(9-11(16)17)12(18)14-8-10-3-5-13-6-4-10/h3-6H,2,7-9H2,1H3,(H,14,18)(H,16,17). The Kier molecular flexibility index (Phi) is 5.63. The average Bonchev–Trinajstić information content (AvgIpc) is 2.36. The van der Waals surface area contributed by atoms with Gasteiger partial charge < -0.3 is 15.3 Å². The summed E-state index contributed by atoms with van der Waals surface area (Å²) in [7, 11) is 0. The van der Waals surface area contributed by atoms with Gasteiger partial charge in [-0.3, -0.25) is 9.78 Å². The van der Waals surface area contributed by atoms with Gasteiger partial charge in [-0.25, -0.2) is 4.79 Å². The Hall–Kier alpha value is -2.11. The number of nitrogens with zero attached hydrogens (tertiary/aromatic N) is 2. The second-order valence-corrected chi connectivity index (χ2v) is 3.83. The number of carbonyl (C=O) groups excluding carboxylic acids is 1. The third kappa shape index (κ3) is 4.82. The van der Waals surface area contributed by atoms with Crippen LogP contribution in [0.2, 0.25) is 0 Å². The Morgan fingerprint density at radius 3 is 2.61 bits per heavy atom. The van der Waals surface area contributed by atoms with E-state index in [1.807, 2.05) is 6.92 Å². The van der Waals surface area contributed by atoms with Crippen LogP contribution in [0.5, 0.6) is 0 Å². The van der Waals surface area contributed by atoms with Gasteiger partial charge in [-0.15, -0.1) is 0 Å². The van der Waals surface area contributed by atoms with Crippen molar-refractivity contribution in [3.63, 3.8) is 0 Å². The van der Waals surface area contributed by atoms with Gasteiger partial charge in [-0.2, -0.15) is 0 Å². The van der Waals surface area contributed by atoms with E-state index in [1.54, 1.807) is 24.5 Å². The first-order valence-corrected chi connectivity index (χ1v) is 5.77. The highest BCUT2D eigenvalue weighted by Crippen LogP contribution is 1.97. The second kappa shape index (κ2) is 7.26. The maximum Gasteiger partial charge on any atom is 0.323 e. The summed E-state index contributed by atoms with van der Waals surface area (Å²) in [6.07, 6.45) is 4.00. The number of amides is 2. The van der Waals surface area contributed by atoms with Crippen molar-refractivity contribution in [3.8, 4) is 0 Å². The maximum absolute atomic E-state index is 11.8. The van der Waals surface area contributed by atoms with Crippen molar-refractivity contribution in [2.45, 2.75) is 19.9 Å². The second-order valence-electron chi connectivity index (χ2n) is 3.83. The molecule has 0 saturated heterocycles. The highest BCUT2D eigenvalue weighted by Gasteiger charge is 2.15. The lowest BCUT2D eigenvalue weighted by molar-refractivity contribution is -0.137. The van der Waals surface area contributed by atoms with Crippen molar-refractivity contribution in [3.05, 3.63) is 30.1 Å². The number of urea groups is 1. The van der Waals surface area contributed by atoms with Crippen molar-refractivity contribution < 1.29 is 14.7 Å². The van der Waals surface area contributed by atoms with Crippen LogP contribution < -0.4 is 5.32 Å². The molecule has 1 heterocycles. The fraction of sp³-hybridized carbons (Fsp3) is 0.417. The van der Waals surface area contributed by atoms with Crippen LogP contribution in [0, 0.1) is 0 Å². The first-order valence-electron chi connectivity index (χ1n) is 5.77. The van der Waals surface area contributed by atoms with E-state index in [1.165, 1.54) is 4.90 Å². The number of nitrogens with one attached hydrogen (secondary N) is 1. The maximum atomic E-state index is 11.8. The molecule has 0 unspecified atom stereocenters. The van der Waals surface area contributed by atoms with Gasteiger partial charge >= 0.3 is 12.0 Å². The van der Waals surface area contributed by atoms with E-state index in [9.17, 15) is 9.59 Å². The molecule has 6 nitrogen and oxygen atoms in total. The highest BCUT2D eigenvalue weighted by molar-refractivity contribution is 5.80. The van der Waals surface area contributed by atoms with Crippen molar-refractivity contribution in [1.29, 1.82) is 0 Å². The van der Waals surface area contributed by atoms with Crippen LogP contribution in [0.15, 0.2) is 24.5 Å². The highest BCUT2D eigenvalue weighted by atomic mass is 16.4. The number of aromatic nitrogens is 1. The minimum atomic E-state index is -1.01. The molecule has 1 rings (SSSR count). The number of aliphatic carboxylic acids is 1. The van der Waals surface area contributed by atoms with Gasteiger partial charge in [0.1, 0.15) is 6.54 Å². The number of hydrogen-bond acceptors (Lipinski definition) is 3. The van der Waals surface area contributed by atoms with Gasteiger partial charge in [0.25, 0.3) is 0 Å². The molecule has 98 valence electrons. The molecule has 0 atom stereocenters. The number of rotatable bonds is 6. The van der Waals surface area contributed by atoms with E-state index in [0.29, 0.717) is 13.1 Å². The van der Waals surface area contributed by atoms with Gasteiger partial charge in [-0.1, -0.05) is 6.92 Å². The number of carbonyl (C=O) groups is 2. The normalized spacial score (nSPS) is 9.83. The molecule has 0 spiro atoms. The average molecular weight is 251 g/mol. The van der Waals surface area contributed by atoms with E-state index < -0.39 is 5.97 Å². The predicted octanol–water partition coefficient (Wildman–Crippen LogP) is 1.09. The number of hydrogen-bond donors (Lipinski definition) is 2. The summed E-state index contributed by atoms with van der Waals surface area (Å²) in [5, 5.41) is 11.4. The van der Waals surface area contributed by atoms with Crippen LogP contribution in [-0.2, 0) is 11.3 Å². The first kappa shape index (κ1) is 14.0. The molecule has 6 heteroatoms.